The predicted molar refractivity (Wildman–Crippen MR) is 151 cm³/mol. The van der Waals surface area contributed by atoms with Crippen LogP contribution in [0.2, 0.25) is 0 Å². The first-order valence-corrected chi connectivity index (χ1v) is 14.4. The molecule has 3 aliphatic heterocycles. The average Bonchev–Trinajstić information content (AvgIpc) is 3.54. The molecule has 3 fully saturated rings. The Hall–Kier alpha value is -3.36. The largest absolute Gasteiger partial charge is 0.466 e. The molecule has 7 nitrogen and oxygen atoms in total. The summed E-state index contributed by atoms with van der Waals surface area (Å²) in [6.07, 6.45) is 0.723. The normalized spacial score (nSPS) is 29.9. The van der Waals surface area contributed by atoms with Gasteiger partial charge in [0.2, 0.25) is 11.8 Å². The highest BCUT2D eigenvalue weighted by atomic mass is 32.2. The lowest BCUT2D eigenvalue weighted by Gasteiger charge is -2.40. The number of thioether (sulfide) groups is 1. The van der Waals surface area contributed by atoms with Crippen molar-refractivity contribution in [2.24, 2.45) is 17.8 Å². The fourth-order valence-corrected chi connectivity index (χ4v) is 9.50. The van der Waals surface area contributed by atoms with E-state index >= 15 is 0 Å². The number of benzene rings is 3. The van der Waals surface area contributed by atoms with Crippen molar-refractivity contribution in [3.05, 3.63) is 78.4 Å². The van der Waals surface area contributed by atoms with Crippen molar-refractivity contribution >= 4 is 46.0 Å². The van der Waals surface area contributed by atoms with Crippen molar-refractivity contribution in [3.63, 3.8) is 0 Å². The number of carbonyl (C=O) groups is 3. The molecule has 8 heteroatoms. The van der Waals surface area contributed by atoms with Crippen LogP contribution in [-0.2, 0) is 19.1 Å². The standard InChI is InChI=1S/C31H32N2O5S/c1-3-38-30(37)25-24-15-18(2)31(39-24)26(25)29(36)33(23(17-34)20-10-5-4-6-11-20)27(31)28(35)32-22-14-13-19-9-7-8-12-21(19)16-22/h4-14,16,18,23-27,34H,3,15,17H2,1-2H3,(H,32,35)/t18?,23-,24+,25-,26+,27?,31?/m1/s1. The van der Waals surface area contributed by atoms with E-state index in [9.17, 15) is 19.5 Å². The van der Waals surface area contributed by atoms with Gasteiger partial charge in [-0.2, -0.15) is 0 Å². The highest BCUT2D eigenvalue weighted by Gasteiger charge is 2.77. The topological polar surface area (TPSA) is 95.9 Å². The zero-order chi connectivity index (χ0) is 27.3. The van der Waals surface area contributed by atoms with Gasteiger partial charge in [-0.25, -0.2) is 0 Å². The molecule has 3 heterocycles. The summed E-state index contributed by atoms with van der Waals surface area (Å²) in [6, 6.07) is 21.4. The molecule has 0 aliphatic carbocycles. The van der Waals surface area contributed by atoms with Crippen LogP contribution in [0.1, 0.15) is 31.9 Å². The number of hydrogen-bond acceptors (Lipinski definition) is 6. The number of amides is 2. The SMILES string of the molecule is CCOC(=O)[C@@H]1[C@@H]2CC(C)C3(S2)C(C(=O)Nc2ccc4ccccc4c2)N([C@H](CO)c2ccccc2)C(=O)[C@H]13. The Morgan fingerprint density at radius 3 is 2.54 bits per heavy atom. The van der Waals surface area contributed by atoms with E-state index < -0.39 is 28.7 Å². The maximum absolute atomic E-state index is 14.4. The van der Waals surface area contributed by atoms with Crippen molar-refractivity contribution in [2.45, 2.75) is 42.3 Å². The molecular formula is C31H32N2O5S. The maximum atomic E-state index is 14.4. The minimum Gasteiger partial charge on any atom is -0.466 e. The number of ether oxygens (including phenoxy) is 1. The number of aliphatic hydroxyl groups excluding tert-OH is 1. The first-order chi connectivity index (χ1) is 18.9. The summed E-state index contributed by atoms with van der Waals surface area (Å²) in [4.78, 5) is 43.4. The van der Waals surface area contributed by atoms with Gasteiger partial charge in [0, 0.05) is 10.9 Å². The molecule has 3 aliphatic rings. The van der Waals surface area contributed by atoms with E-state index in [1.807, 2.05) is 72.8 Å². The summed E-state index contributed by atoms with van der Waals surface area (Å²) in [5.41, 5.74) is 1.38. The third-order valence-corrected chi connectivity index (χ3v) is 10.8. The number of aliphatic hydroxyl groups is 1. The lowest BCUT2D eigenvalue weighted by Crippen LogP contribution is -2.55. The molecule has 0 saturated carbocycles. The minimum absolute atomic E-state index is 0.0135. The molecule has 2 bridgehead atoms. The van der Waals surface area contributed by atoms with Crippen LogP contribution in [0, 0.1) is 17.8 Å². The highest BCUT2D eigenvalue weighted by Crippen LogP contribution is 2.69. The number of esters is 1. The number of fused-ring (bicyclic) bond motifs is 2. The van der Waals surface area contributed by atoms with Gasteiger partial charge in [0.05, 0.1) is 35.8 Å². The molecule has 3 unspecified atom stereocenters. The average molecular weight is 545 g/mol. The van der Waals surface area contributed by atoms with E-state index in [0.29, 0.717) is 5.69 Å². The van der Waals surface area contributed by atoms with Crippen molar-refractivity contribution < 1.29 is 24.2 Å². The molecule has 3 aromatic carbocycles. The number of nitrogens with one attached hydrogen (secondary N) is 1. The molecule has 0 radical (unpaired) electrons. The number of rotatable bonds is 7. The summed E-state index contributed by atoms with van der Waals surface area (Å²) in [6.45, 7) is 3.72. The van der Waals surface area contributed by atoms with Gasteiger partial charge in [-0.1, -0.05) is 67.6 Å². The molecule has 7 atom stereocenters. The third kappa shape index (κ3) is 3.95. The summed E-state index contributed by atoms with van der Waals surface area (Å²) < 4.78 is 4.63. The molecule has 39 heavy (non-hydrogen) atoms. The molecule has 0 aromatic heterocycles. The van der Waals surface area contributed by atoms with Crippen molar-refractivity contribution in [3.8, 4) is 0 Å². The van der Waals surface area contributed by atoms with Gasteiger partial charge in [0.15, 0.2) is 0 Å². The molecular weight excluding hydrogens is 512 g/mol. The number of nitrogens with zero attached hydrogens (tertiary/aromatic N) is 1. The van der Waals surface area contributed by atoms with Crippen LogP contribution in [0.5, 0.6) is 0 Å². The van der Waals surface area contributed by atoms with Crippen molar-refractivity contribution in [2.75, 3.05) is 18.5 Å². The maximum Gasteiger partial charge on any atom is 0.310 e. The van der Waals surface area contributed by atoms with Crippen LogP contribution in [0.4, 0.5) is 5.69 Å². The third-order valence-electron chi connectivity index (χ3n) is 8.70. The van der Waals surface area contributed by atoms with Gasteiger partial charge in [0.25, 0.3) is 0 Å². The van der Waals surface area contributed by atoms with Gasteiger partial charge in [-0.15, -0.1) is 11.8 Å². The molecule has 3 saturated heterocycles. The molecule has 3 aromatic rings. The lowest BCUT2D eigenvalue weighted by atomic mass is 9.66. The van der Waals surface area contributed by atoms with E-state index in [0.717, 1.165) is 22.8 Å². The second-order valence-corrected chi connectivity index (χ2v) is 12.3. The van der Waals surface area contributed by atoms with E-state index in [1.54, 1.807) is 23.6 Å². The van der Waals surface area contributed by atoms with E-state index in [-0.39, 0.29) is 42.2 Å². The second kappa shape index (κ2) is 9.99. The van der Waals surface area contributed by atoms with Gasteiger partial charge in [-0.05, 0) is 47.7 Å². The monoisotopic (exact) mass is 544 g/mol. The first-order valence-electron chi connectivity index (χ1n) is 13.5. The van der Waals surface area contributed by atoms with E-state index in [2.05, 4.69) is 12.2 Å². The quantitative estimate of drug-likeness (QED) is 0.428. The van der Waals surface area contributed by atoms with Crippen LogP contribution >= 0.6 is 11.8 Å². The van der Waals surface area contributed by atoms with E-state index in [1.165, 1.54) is 0 Å². The zero-order valence-electron chi connectivity index (χ0n) is 21.9. The van der Waals surface area contributed by atoms with Crippen LogP contribution in [0.3, 0.4) is 0 Å². The molecule has 2 N–H and O–H groups in total. The van der Waals surface area contributed by atoms with Crippen molar-refractivity contribution in [1.82, 2.24) is 4.90 Å². The summed E-state index contributed by atoms with van der Waals surface area (Å²) in [7, 11) is 0. The molecule has 1 spiro atoms. The molecule has 2 amide bonds. The fraction of sp³-hybridized carbons (Fsp3) is 0.387. The van der Waals surface area contributed by atoms with Crippen molar-refractivity contribution in [1.29, 1.82) is 0 Å². The fourth-order valence-electron chi connectivity index (χ4n) is 7.11. The predicted octanol–water partition coefficient (Wildman–Crippen LogP) is 4.41. The Morgan fingerprint density at radius 1 is 1.10 bits per heavy atom. The smallest absolute Gasteiger partial charge is 0.310 e. The highest BCUT2D eigenvalue weighted by molar-refractivity contribution is 8.02. The Kier molecular flexibility index (Phi) is 6.63. The first kappa shape index (κ1) is 25.9. The van der Waals surface area contributed by atoms with Gasteiger partial charge in [-0.3, -0.25) is 14.4 Å². The summed E-state index contributed by atoms with van der Waals surface area (Å²) in [5, 5.41) is 15.7. The lowest BCUT2D eigenvalue weighted by molar-refractivity contribution is -0.154. The zero-order valence-corrected chi connectivity index (χ0v) is 22.8. The Morgan fingerprint density at radius 2 is 1.82 bits per heavy atom. The number of likely N-dealkylation sites (tertiary alicyclic amines) is 1. The Labute approximate surface area is 231 Å². The van der Waals surface area contributed by atoms with Crippen LogP contribution in [0.25, 0.3) is 10.8 Å². The number of hydrogen-bond donors (Lipinski definition) is 2. The van der Waals surface area contributed by atoms with Gasteiger partial charge < -0.3 is 20.1 Å². The Bertz CT molecular complexity index is 1430. The van der Waals surface area contributed by atoms with Gasteiger partial charge >= 0.3 is 5.97 Å². The van der Waals surface area contributed by atoms with Gasteiger partial charge in [0.1, 0.15) is 6.04 Å². The minimum atomic E-state index is -0.872. The Balaban J connectivity index is 1.44. The molecule has 6 rings (SSSR count). The van der Waals surface area contributed by atoms with Crippen LogP contribution < -0.4 is 5.32 Å². The van der Waals surface area contributed by atoms with Crippen LogP contribution in [-0.4, -0.2) is 57.0 Å². The van der Waals surface area contributed by atoms with E-state index in [4.69, 9.17) is 4.74 Å². The summed E-state index contributed by atoms with van der Waals surface area (Å²) in [5.74, 6) is -2.25. The second-order valence-electron chi connectivity index (χ2n) is 10.7. The number of carbonyl (C=O) groups excluding carboxylic acids is 3. The number of anilines is 1. The molecule has 202 valence electrons. The van der Waals surface area contributed by atoms with Crippen LogP contribution in [0.15, 0.2) is 72.8 Å². The summed E-state index contributed by atoms with van der Waals surface area (Å²) >= 11 is 1.59.